The number of aromatic nitrogens is 3. The van der Waals surface area contributed by atoms with Crippen molar-refractivity contribution in [2.45, 2.75) is 23.1 Å². The summed E-state index contributed by atoms with van der Waals surface area (Å²) in [4.78, 5) is 13.3. The molecule has 0 aliphatic carbocycles. The molecule has 0 fully saturated rings. The number of rotatable bonds is 6. The zero-order valence-corrected chi connectivity index (χ0v) is 16.8. The fraction of sp³-hybridized carbons (Fsp3) is 0.167. The minimum Gasteiger partial charge on any atom is -0.479 e. The maximum absolute atomic E-state index is 12.3. The van der Waals surface area contributed by atoms with Crippen molar-refractivity contribution in [1.29, 1.82) is 0 Å². The van der Waals surface area contributed by atoms with Crippen molar-refractivity contribution >= 4 is 46.6 Å². The third-order valence-electron chi connectivity index (χ3n) is 3.57. The first-order valence-corrected chi connectivity index (χ1v) is 9.54. The molecule has 1 unspecified atom stereocenters. The lowest BCUT2D eigenvalue weighted by atomic mass is 10.3. The van der Waals surface area contributed by atoms with Gasteiger partial charge >= 0.3 is 0 Å². The van der Waals surface area contributed by atoms with Gasteiger partial charge in [-0.2, -0.15) is 0 Å². The van der Waals surface area contributed by atoms with Crippen LogP contribution in [0.25, 0.3) is 0 Å². The van der Waals surface area contributed by atoms with Gasteiger partial charge in [0.05, 0.1) is 5.02 Å². The van der Waals surface area contributed by atoms with Crippen molar-refractivity contribution in [1.82, 2.24) is 14.8 Å². The summed E-state index contributed by atoms with van der Waals surface area (Å²) >= 11 is 13.4. The van der Waals surface area contributed by atoms with E-state index in [1.807, 2.05) is 35.9 Å². The molecule has 1 amide bonds. The quantitative estimate of drug-likeness (QED) is 0.624. The zero-order valence-electron chi connectivity index (χ0n) is 14.5. The fourth-order valence-electron chi connectivity index (χ4n) is 2.14. The molecule has 9 heteroatoms. The summed E-state index contributed by atoms with van der Waals surface area (Å²) in [5.74, 6) is 0.119. The van der Waals surface area contributed by atoms with Crippen LogP contribution in [-0.4, -0.2) is 26.8 Å². The lowest BCUT2D eigenvalue weighted by Gasteiger charge is -2.16. The Morgan fingerprint density at radius 2 is 1.96 bits per heavy atom. The molecular weight excluding hydrogens is 407 g/mol. The molecule has 0 radical (unpaired) electrons. The minimum atomic E-state index is -0.726. The van der Waals surface area contributed by atoms with Gasteiger partial charge in [0.2, 0.25) is 0 Å². The first kappa shape index (κ1) is 19.5. The van der Waals surface area contributed by atoms with Crippen molar-refractivity contribution < 1.29 is 9.53 Å². The summed E-state index contributed by atoms with van der Waals surface area (Å²) in [6.45, 7) is 1.65. The van der Waals surface area contributed by atoms with E-state index in [1.165, 1.54) is 11.8 Å². The predicted molar refractivity (Wildman–Crippen MR) is 107 cm³/mol. The molecule has 3 aromatic rings. The third kappa shape index (κ3) is 5.15. The van der Waals surface area contributed by atoms with Gasteiger partial charge in [-0.05, 0) is 61.2 Å². The first-order chi connectivity index (χ1) is 12.9. The van der Waals surface area contributed by atoms with Crippen LogP contribution < -0.4 is 10.1 Å². The Morgan fingerprint density at radius 1 is 1.22 bits per heavy atom. The van der Waals surface area contributed by atoms with Crippen molar-refractivity contribution in [2.75, 3.05) is 5.32 Å². The highest BCUT2D eigenvalue weighted by molar-refractivity contribution is 7.99. The molecule has 1 heterocycles. The second-order valence-electron chi connectivity index (χ2n) is 5.67. The van der Waals surface area contributed by atoms with E-state index >= 15 is 0 Å². The molecule has 27 heavy (non-hydrogen) atoms. The Bertz CT molecular complexity index is 947. The molecule has 1 N–H and O–H groups in total. The molecule has 1 atom stereocenters. The highest BCUT2D eigenvalue weighted by Crippen LogP contribution is 2.29. The molecule has 0 saturated heterocycles. The maximum Gasteiger partial charge on any atom is 0.265 e. The molecular formula is C18H16Cl2N4O2S. The van der Waals surface area contributed by atoms with Crippen LogP contribution in [0.4, 0.5) is 5.69 Å². The van der Waals surface area contributed by atoms with E-state index < -0.39 is 6.10 Å². The summed E-state index contributed by atoms with van der Waals surface area (Å²) in [6, 6.07) is 12.3. The number of nitrogens with zero attached hydrogens (tertiary/aromatic N) is 3. The molecule has 0 spiro atoms. The summed E-state index contributed by atoms with van der Waals surface area (Å²) in [6.07, 6.45) is 0.919. The molecule has 3 rings (SSSR count). The number of aryl methyl sites for hydroxylation is 1. The summed E-state index contributed by atoms with van der Waals surface area (Å²) in [5, 5.41) is 12.3. The molecule has 6 nitrogen and oxygen atoms in total. The number of hydrogen-bond acceptors (Lipinski definition) is 5. The van der Waals surface area contributed by atoms with E-state index in [9.17, 15) is 4.79 Å². The molecule has 0 bridgehead atoms. The van der Waals surface area contributed by atoms with Gasteiger partial charge in [-0.25, -0.2) is 0 Å². The van der Waals surface area contributed by atoms with Crippen molar-refractivity contribution in [3.63, 3.8) is 0 Å². The Labute approximate surface area is 170 Å². The lowest BCUT2D eigenvalue weighted by molar-refractivity contribution is -0.122. The van der Waals surface area contributed by atoms with Gasteiger partial charge in [-0.1, -0.05) is 23.2 Å². The average Bonchev–Trinajstić information content (AvgIpc) is 3.03. The number of amides is 1. The van der Waals surface area contributed by atoms with Crippen LogP contribution in [0.15, 0.2) is 58.8 Å². The third-order valence-corrected chi connectivity index (χ3v) is 5.16. The number of benzene rings is 2. The smallest absolute Gasteiger partial charge is 0.265 e. The number of anilines is 1. The number of carbonyl (C=O) groups excluding carboxylic acids is 1. The Kier molecular flexibility index (Phi) is 6.26. The zero-order chi connectivity index (χ0) is 19.4. The van der Waals surface area contributed by atoms with E-state index in [0.29, 0.717) is 21.5 Å². The second kappa shape index (κ2) is 8.65. The number of ether oxygens (including phenoxy) is 1. The lowest BCUT2D eigenvalue weighted by Crippen LogP contribution is -2.30. The fourth-order valence-corrected chi connectivity index (χ4v) is 3.35. The highest BCUT2D eigenvalue weighted by Gasteiger charge is 2.16. The number of nitrogens with one attached hydrogen (secondary N) is 1. The van der Waals surface area contributed by atoms with Crippen molar-refractivity contribution in [3.8, 4) is 5.75 Å². The molecule has 140 valence electrons. The van der Waals surface area contributed by atoms with Crippen LogP contribution in [-0.2, 0) is 11.8 Å². The van der Waals surface area contributed by atoms with E-state index in [1.54, 1.807) is 31.5 Å². The number of halogens is 2. The Morgan fingerprint density at radius 3 is 2.59 bits per heavy atom. The first-order valence-electron chi connectivity index (χ1n) is 7.97. The van der Waals surface area contributed by atoms with Crippen molar-refractivity contribution in [2.24, 2.45) is 7.05 Å². The van der Waals surface area contributed by atoms with E-state index in [-0.39, 0.29) is 5.91 Å². The summed E-state index contributed by atoms with van der Waals surface area (Å²) < 4.78 is 7.45. The van der Waals surface area contributed by atoms with Gasteiger partial charge in [0, 0.05) is 22.7 Å². The van der Waals surface area contributed by atoms with E-state index in [2.05, 4.69) is 15.5 Å². The van der Waals surface area contributed by atoms with E-state index in [0.717, 1.165) is 10.1 Å². The van der Waals surface area contributed by atoms with Gasteiger partial charge < -0.3 is 14.6 Å². The normalized spacial score (nSPS) is 11.9. The van der Waals surface area contributed by atoms with Crippen LogP contribution in [0.2, 0.25) is 10.0 Å². The average molecular weight is 423 g/mol. The van der Waals surface area contributed by atoms with Gasteiger partial charge in [-0.15, -0.1) is 10.2 Å². The van der Waals surface area contributed by atoms with Gasteiger partial charge in [0.25, 0.3) is 5.91 Å². The van der Waals surface area contributed by atoms with Crippen LogP contribution in [0, 0.1) is 0 Å². The van der Waals surface area contributed by atoms with Gasteiger partial charge in [0.1, 0.15) is 12.1 Å². The molecule has 0 saturated carbocycles. The molecule has 2 aromatic carbocycles. The van der Waals surface area contributed by atoms with E-state index in [4.69, 9.17) is 27.9 Å². The van der Waals surface area contributed by atoms with Gasteiger partial charge in [-0.3, -0.25) is 4.79 Å². The van der Waals surface area contributed by atoms with Crippen molar-refractivity contribution in [3.05, 3.63) is 58.8 Å². The van der Waals surface area contributed by atoms with Crippen LogP contribution >= 0.6 is 35.0 Å². The Balaban J connectivity index is 1.59. The SMILES string of the molecule is CC(Oc1ccc(Cl)cc1Cl)C(=O)Nc1ccc(Sc2nncn2C)cc1. The Hall–Kier alpha value is -2.22. The molecule has 0 aliphatic rings. The van der Waals surface area contributed by atoms with Crippen LogP contribution in [0.5, 0.6) is 5.75 Å². The molecule has 0 aliphatic heterocycles. The predicted octanol–water partition coefficient (Wildman–Crippen LogP) is 4.68. The summed E-state index contributed by atoms with van der Waals surface area (Å²) in [5.41, 5.74) is 0.667. The number of carbonyl (C=O) groups is 1. The largest absolute Gasteiger partial charge is 0.479 e. The highest BCUT2D eigenvalue weighted by atomic mass is 35.5. The standard InChI is InChI=1S/C18H16Cl2N4O2S/c1-11(26-16-8-3-12(19)9-15(16)20)17(25)22-13-4-6-14(7-5-13)27-18-23-21-10-24(18)2/h3-11H,1-2H3,(H,22,25). The van der Waals surface area contributed by atoms with Gasteiger partial charge in [0.15, 0.2) is 11.3 Å². The van der Waals surface area contributed by atoms with Crippen LogP contribution in [0.3, 0.4) is 0 Å². The second-order valence-corrected chi connectivity index (χ2v) is 7.56. The summed E-state index contributed by atoms with van der Waals surface area (Å²) in [7, 11) is 1.88. The number of hydrogen-bond donors (Lipinski definition) is 1. The molecule has 1 aromatic heterocycles. The topological polar surface area (TPSA) is 69.0 Å². The maximum atomic E-state index is 12.3. The van der Waals surface area contributed by atoms with Crippen LogP contribution in [0.1, 0.15) is 6.92 Å². The minimum absolute atomic E-state index is 0.283. The monoisotopic (exact) mass is 422 g/mol.